The fourth-order valence-electron chi connectivity index (χ4n) is 3.45. The Morgan fingerprint density at radius 1 is 1.06 bits per heavy atom. The van der Waals surface area contributed by atoms with E-state index < -0.39 is 17.4 Å². The van der Waals surface area contributed by atoms with Crippen LogP contribution >= 0.6 is 0 Å². The van der Waals surface area contributed by atoms with Gasteiger partial charge in [0.1, 0.15) is 6.61 Å². The summed E-state index contributed by atoms with van der Waals surface area (Å²) in [7, 11) is 1.24. The van der Waals surface area contributed by atoms with E-state index in [1.807, 2.05) is 37.3 Å². The van der Waals surface area contributed by atoms with E-state index in [2.05, 4.69) is 19.7 Å². The highest BCUT2D eigenvalue weighted by Gasteiger charge is 2.20. The number of benzene rings is 2. The van der Waals surface area contributed by atoms with Crippen LogP contribution in [0.2, 0.25) is 0 Å². The molecule has 0 aliphatic heterocycles. The Labute approximate surface area is 202 Å². The molecule has 0 aliphatic rings. The molecule has 0 spiro atoms. The Morgan fingerprint density at radius 2 is 1.80 bits per heavy atom. The Morgan fingerprint density at radius 3 is 2.49 bits per heavy atom. The first-order valence-electron chi connectivity index (χ1n) is 10.5. The van der Waals surface area contributed by atoms with Crippen molar-refractivity contribution < 1.29 is 31.9 Å². The van der Waals surface area contributed by atoms with Crippen molar-refractivity contribution in [3.05, 3.63) is 65.5 Å². The van der Waals surface area contributed by atoms with Gasteiger partial charge < -0.3 is 23.9 Å². The van der Waals surface area contributed by atoms with Crippen LogP contribution in [0.15, 0.2) is 53.8 Å². The molecule has 0 fully saturated rings. The summed E-state index contributed by atoms with van der Waals surface area (Å²) in [6.07, 6.45) is 1.53. The summed E-state index contributed by atoms with van der Waals surface area (Å²) in [6.45, 7) is -0.862. The van der Waals surface area contributed by atoms with Crippen molar-refractivity contribution in [1.82, 2.24) is 15.0 Å². The van der Waals surface area contributed by atoms with Gasteiger partial charge in [-0.2, -0.15) is 8.78 Å². The van der Waals surface area contributed by atoms with Crippen molar-refractivity contribution in [1.29, 1.82) is 0 Å². The minimum Gasteiger partial charge on any atom is -0.493 e. The topological polar surface area (TPSA) is 95.6 Å². The molecule has 1 N–H and O–H groups in total. The molecule has 0 aliphatic carbocycles. The van der Waals surface area contributed by atoms with Crippen molar-refractivity contribution in [2.45, 2.75) is 31.1 Å². The van der Waals surface area contributed by atoms with Gasteiger partial charge in [0.25, 0.3) is 0 Å². The van der Waals surface area contributed by atoms with E-state index in [4.69, 9.17) is 14.2 Å². The molecule has 0 saturated heterocycles. The summed E-state index contributed by atoms with van der Waals surface area (Å²) in [5.41, 5.74) is 3.02. The number of aromatic amines is 1. The van der Waals surface area contributed by atoms with Gasteiger partial charge in [-0.05, 0) is 12.5 Å². The van der Waals surface area contributed by atoms with Gasteiger partial charge in [-0.15, -0.1) is 0 Å². The van der Waals surface area contributed by atoms with Gasteiger partial charge in [-0.25, -0.2) is 4.98 Å². The molecular formula is C24H23F2N3O5S. The lowest BCUT2D eigenvalue weighted by atomic mass is 10.2. The minimum atomic E-state index is -3.01. The molecule has 2 heterocycles. The van der Waals surface area contributed by atoms with Crippen molar-refractivity contribution in [3.63, 3.8) is 0 Å². The first kappa shape index (κ1) is 24.4. The van der Waals surface area contributed by atoms with E-state index in [1.54, 1.807) is 0 Å². The summed E-state index contributed by atoms with van der Waals surface area (Å²) >= 11 is 0. The first-order chi connectivity index (χ1) is 16.9. The fraction of sp³-hybridized carbons (Fsp3) is 0.250. The number of ether oxygens (including phenoxy) is 4. The second kappa shape index (κ2) is 10.7. The number of rotatable bonds is 10. The Balaban J connectivity index is 1.58. The SMILES string of the molecule is COc1cc2nc(S(=O)Cc3ncc(OC)c(OCc4ccccc4)c3C)[nH]c2cc1OC(F)F. The zero-order valence-electron chi connectivity index (χ0n) is 19.2. The summed E-state index contributed by atoms with van der Waals surface area (Å²) < 4.78 is 59.6. The molecule has 0 saturated carbocycles. The average Bonchev–Trinajstić information content (AvgIpc) is 3.27. The number of alkyl halides is 2. The molecule has 0 bridgehead atoms. The average molecular weight is 504 g/mol. The molecule has 8 nitrogen and oxygen atoms in total. The number of hydrogen-bond acceptors (Lipinski definition) is 7. The van der Waals surface area contributed by atoms with Crippen LogP contribution in [0.5, 0.6) is 23.0 Å². The van der Waals surface area contributed by atoms with Gasteiger partial charge in [0, 0.05) is 17.7 Å². The quantitative estimate of drug-likeness (QED) is 0.333. The molecule has 1 unspecified atom stereocenters. The molecule has 0 radical (unpaired) electrons. The van der Waals surface area contributed by atoms with Gasteiger partial charge in [0.15, 0.2) is 28.2 Å². The Kier molecular flexibility index (Phi) is 7.45. The van der Waals surface area contributed by atoms with Gasteiger partial charge >= 0.3 is 6.61 Å². The summed E-state index contributed by atoms with van der Waals surface area (Å²) in [5, 5.41) is 0.167. The lowest BCUT2D eigenvalue weighted by molar-refractivity contribution is -0.0511. The Bertz CT molecular complexity index is 1350. The summed E-state index contributed by atoms with van der Waals surface area (Å²) in [5.74, 6) is 0.977. The molecular weight excluding hydrogens is 480 g/mol. The maximum Gasteiger partial charge on any atom is 0.387 e. The van der Waals surface area contributed by atoms with E-state index in [0.29, 0.717) is 40.4 Å². The number of pyridine rings is 1. The van der Waals surface area contributed by atoms with Crippen LogP contribution in [-0.4, -0.2) is 40.0 Å². The third-order valence-corrected chi connectivity index (χ3v) is 6.39. The monoisotopic (exact) mass is 503 g/mol. The number of imidazole rings is 1. The van der Waals surface area contributed by atoms with Gasteiger partial charge in [-0.3, -0.25) is 9.19 Å². The number of fused-ring (bicyclic) bond motifs is 1. The second-order valence-corrected chi connectivity index (χ2v) is 8.80. The molecule has 184 valence electrons. The van der Waals surface area contributed by atoms with Crippen LogP contribution in [0.4, 0.5) is 8.78 Å². The van der Waals surface area contributed by atoms with E-state index in [9.17, 15) is 13.0 Å². The maximum absolute atomic E-state index is 13.1. The number of H-pyrrole nitrogens is 1. The summed E-state index contributed by atoms with van der Waals surface area (Å²) in [4.78, 5) is 11.6. The number of hydrogen-bond donors (Lipinski definition) is 1. The molecule has 11 heteroatoms. The predicted molar refractivity (Wildman–Crippen MR) is 126 cm³/mol. The lowest BCUT2D eigenvalue weighted by Crippen LogP contribution is -2.06. The van der Waals surface area contributed by atoms with Crippen LogP contribution < -0.4 is 18.9 Å². The van der Waals surface area contributed by atoms with E-state index in [1.165, 1.54) is 32.5 Å². The highest BCUT2D eigenvalue weighted by Crippen LogP contribution is 2.35. The van der Waals surface area contributed by atoms with Gasteiger partial charge in [0.05, 0.1) is 53.7 Å². The highest BCUT2D eigenvalue weighted by atomic mass is 32.2. The van der Waals surface area contributed by atoms with Crippen LogP contribution in [0.25, 0.3) is 11.0 Å². The molecule has 0 amide bonds. The lowest BCUT2D eigenvalue weighted by Gasteiger charge is -2.15. The van der Waals surface area contributed by atoms with Crippen molar-refractivity contribution >= 4 is 21.8 Å². The number of nitrogens with one attached hydrogen (secondary N) is 1. The summed E-state index contributed by atoms with van der Waals surface area (Å²) in [6, 6.07) is 12.5. The molecule has 2 aromatic heterocycles. The molecule has 2 aromatic carbocycles. The maximum atomic E-state index is 13.1. The van der Waals surface area contributed by atoms with E-state index in [-0.39, 0.29) is 22.4 Å². The number of aromatic nitrogens is 3. The standard InChI is InChI=1S/C24H23F2N3O5S/c1-14-18(27-11-21(32-3)22(14)33-12-15-7-5-4-6-8-15)13-35(30)24-28-16-9-19(31-2)20(34-23(25)26)10-17(16)29-24/h4-11,23H,12-13H2,1-3H3,(H,28,29). The second-order valence-electron chi connectivity index (χ2n) is 7.43. The van der Waals surface area contributed by atoms with Crippen molar-refractivity contribution in [2.75, 3.05) is 14.2 Å². The number of nitrogens with zero attached hydrogens (tertiary/aromatic N) is 2. The fourth-order valence-corrected chi connectivity index (χ4v) is 4.55. The van der Waals surface area contributed by atoms with Crippen molar-refractivity contribution in [3.8, 4) is 23.0 Å². The predicted octanol–water partition coefficient (Wildman–Crippen LogP) is 4.77. The normalized spacial score (nSPS) is 12.1. The molecule has 1 atom stereocenters. The zero-order chi connectivity index (χ0) is 24.9. The van der Waals surface area contributed by atoms with Crippen LogP contribution in [-0.2, 0) is 23.2 Å². The van der Waals surface area contributed by atoms with Gasteiger partial charge in [0.2, 0.25) is 0 Å². The number of halogens is 2. The van der Waals surface area contributed by atoms with Crippen molar-refractivity contribution in [2.24, 2.45) is 0 Å². The first-order valence-corrected chi connectivity index (χ1v) is 11.8. The van der Waals surface area contributed by atoms with E-state index in [0.717, 1.165) is 5.56 Å². The largest absolute Gasteiger partial charge is 0.493 e. The van der Waals surface area contributed by atoms with Crippen LogP contribution in [0, 0.1) is 6.92 Å². The Hall–Kier alpha value is -3.73. The molecule has 35 heavy (non-hydrogen) atoms. The zero-order valence-corrected chi connectivity index (χ0v) is 20.0. The number of methoxy groups -OCH3 is 2. The third-order valence-electron chi connectivity index (χ3n) is 5.23. The minimum absolute atomic E-state index is 0.0505. The van der Waals surface area contributed by atoms with Crippen LogP contribution in [0.1, 0.15) is 16.8 Å². The van der Waals surface area contributed by atoms with E-state index >= 15 is 0 Å². The molecule has 4 rings (SSSR count). The van der Waals surface area contributed by atoms with Gasteiger partial charge in [-0.1, -0.05) is 30.3 Å². The highest BCUT2D eigenvalue weighted by molar-refractivity contribution is 7.84. The third kappa shape index (κ3) is 5.51. The smallest absolute Gasteiger partial charge is 0.387 e. The molecule has 4 aromatic rings. The van der Waals surface area contributed by atoms with Crippen LogP contribution in [0.3, 0.4) is 0 Å².